The molecule has 2 nitrogen and oxygen atoms in total. The molecule has 0 aliphatic carbocycles. The molecule has 1 aromatic carbocycles. The van der Waals surface area contributed by atoms with Crippen LogP contribution < -0.4 is 5.73 Å². The molecule has 0 atom stereocenters. The van der Waals surface area contributed by atoms with Gasteiger partial charge in [0.25, 0.3) is 0 Å². The van der Waals surface area contributed by atoms with E-state index >= 15 is 0 Å². The van der Waals surface area contributed by atoms with Gasteiger partial charge in [0.1, 0.15) is 0 Å². The van der Waals surface area contributed by atoms with Crippen molar-refractivity contribution in [2.45, 2.75) is 12.8 Å². The molecule has 0 radical (unpaired) electrons. The van der Waals surface area contributed by atoms with Gasteiger partial charge in [-0.25, -0.2) is 0 Å². The van der Waals surface area contributed by atoms with Gasteiger partial charge >= 0.3 is 0 Å². The molecule has 0 saturated heterocycles. The second-order valence-corrected chi connectivity index (χ2v) is 4.24. The van der Waals surface area contributed by atoms with Crippen LogP contribution in [0.3, 0.4) is 0 Å². The minimum atomic E-state index is 0.737. The SMILES string of the molecule is Cn1cc(Cl)c2cc(CCCN)ccc21. The van der Waals surface area contributed by atoms with Crippen molar-refractivity contribution in [3.63, 3.8) is 0 Å². The summed E-state index contributed by atoms with van der Waals surface area (Å²) < 4.78 is 2.05. The van der Waals surface area contributed by atoms with Crippen LogP contribution in [0.1, 0.15) is 12.0 Å². The van der Waals surface area contributed by atoms with Gasteiger partial charge in [-0.1, -0.05) is 17.7 Å². The first-order valence-corrected chi connectivity index (χ1v) is 5.53. The molecule has 2 N–H and O–H groups in total. The standard InChI is InChI=1S/C12H15ClN2/c1-15-8-11(13)10-7-9(3-2-6-14)4-5-12(10)15/h4-5,7-8H,2-3,6,14H2,1H3. The molecule has 0 unspecified atom stereocenters. The molecule has 0 aliphatic heterocycles. The summed E-state index contributed by atoms with van der Waals surface area (Å²) in [5.41, 5.74) is 7.98. The molecular formula is C12H15ClN2. The van der Waals surface area contributed by atoms with E-state index in [-0.39, 0.29) is 0 Å². The molecule has 0 spiro atoms. The Balaban J connectivity index is 2.41. The molecule has 0 bridgehead atoms. The van der Waals surface area contributed by atoms with Crippen LogP contribution in [0, 0.1) is 0 Å². The summed E-state index contributed by atoms with van der Waals surface area (Å²) in [6.45, 7) is 0.737. The van der Waals surface area contributed by atoms with Crippen molar-refractivity contribution in [3.8, 4) is 0 Å². The minimum absolute atomic E-state index is 0.737. The monoisotopic (exact) mass is 222 g/mol. The van der Waals surface area contributed by atoms with Crippen LogP contribution in [-0.2, 0) is 13.5 Å². The van der Waals surface area contributed by atoms with E-state index in [2.05, 4.69) is 18.2 Å². The zero-order valence-electron chi connectivity index (χ0n) is 8.83. The summed E-state index contributed by atoms with van der Waals surface area (Å²) in [7, 11) is 2.01. The van der Waals surface area contributed by atoms with E-state index in [0.29, 0.717) is 0 Å². The molecule has 0 aliphatic rings. The van der Waals surface area contributed by atoms with Crippen LogP contribution in [-0.4, -0.2) is 11.1 Å². The number of nitrogens with two attached hydrogens (primary N) is 1. The van der Waals surface area contributed by atoms with Crippen molar-refractivity contribution in [2.24, 2.45) is 12.8 Å². The van der Waals surface area contributed by atoms with E-state index in [9.17, 15) is 0 Å². The smallest absolute Gasteiger partial charge is 0.0661 e. The third-order valence-corrected chi connectivity index (χ3v) is 2.98. The van der Waals surface area contributed by atoms with Crippen molar-refractivity contribution in [1.82, 2.24) is 4.57 Å². The van der Waals surface area contributed by atoms with E-state index in [1.807, 2.05) is 17.8 Å². The lowest BCUT2D eigenvalue weighted by Gasteiger charge is -2.01. The van der Waals surface area contributed by atoms with Gasteiger partial charge in [0.05, 0.1) is 5.02 Å². The van der Waals surface area contributed by atoms with E-state index in [1.165, 1.54) is 11.1 Å². The molecule has 0 amide bonds. The number of hydrogen-bond donors (Lipinski definition) is 1. The Morgan fingerprint density at radius 1 is 1.40 bits per heavy atom. The highest BCUT2D eigenvalue weighted by Crippen LogP contribution is 2.26. The number of rotatable bonds is 3. The molecule has 0 saturated carbocycles. The lowest BCUT2D eigenvalue weighted by Crippen LogP contribution is -2.00. The first kappa shape index (κ1) is 10.5. The predicted molar refractivity (Wildman–Crippen MR) is 65.3 cm³/mol. The highest BCUT2D eigenvalue weighted by Gasteiger charge is 2.04. The summed E-state index contributed by atoms with van der Waals surface area (Å²) in [6, 6.07) is 6.43. The number of aryl methyl sites for hydroxylation is 2. The lowest BCUT2D eigenvalue weighted by molar-refractivity contribution is 0.833. The van der Waals surface area contributed by atoms with Crippen molar-refractivity contribution in [1.29, 1.82) is 0 Å². The van der Waals surface area contributed by atoms with Crippen molar-refractivity contribution < 1.29 is 0 Å². The van der Waals surface area contributed by atoms with Gasteiger partial charge in [0, 0.05) is 24.1 Å². The molecule has 1 heterocycles. The largest absolute Gasteiger partial charge is 0.349 e. The van der Waals surface area contributed by atoms with Crippen LogP contribution in [0.4, 0.5) is 0 Å². The third-order valence-electron chi connectivity index (χ3n) is 2.67. The number of aromatic nitrogens is 1. The summed E-state index contributed by atoms with van der Waals surface area (Å²) >= 11 is 6.14. The number of benzene rings is 1. The Labute approximate surface area is 94.6 Å². The number of hydrogen-bond acceptors (Lipinski definition) is 1. The summed E-state index contributed by atoms with van der Waals surface area (Å²) in [4.78, 5) is 0. The molecule has 2 aromatic rings. The quantitative estimate of drug-likeness (QED) is 0.851. The average molecular weight is 223 g/mol. The predicted octanol–water partition coefficient (Wildman–Crippen LogP) is 2.72. The fraction of sp³-hybridized carbons (Fsp3) is 0.333. The fourth-order valence-corrected chi connectivity index (χ4v) is 2.15. The molecule has 1 aromatic heterocycles. The van der Waals surface area contributed by atoms with Gasteiger partial charge in [-0.05, 0) is 37.1 Å². The van der Waals surface area contributed by atoms with E-state index in [1.54, 1.807) is 0 Å². The Bertz CT molecular complexity index is 474. The van der Waals surface area contributed by atoms with E-state index in [0.717, 1.165) is 29.8 Å². The van der Waals surface area contributed by atoms with Gasteiger partial charge in [-0.3, -0.25) is 0 Å². The maximum absolute atomic E-state index is 6.14. The van der Waals surface area contributed by atoms with Crippen LogP contribution in [0.2, 0.25) is 5.02 Å². The second kappa shape index (κ2) is 4.25. The minimum Gasteiger partial charge on any atom is -0.349 e. The molecule has 15 heavy (non-hydrogen) atoms. The summed E-state index contributed by atoms with van der Waals surface area (Å²) in [5.74, 6) is 0. The van der Waals surface area contributed by atoms with E-state index < -0.39 is 0 Å². The van der Waals surface area contributed by atoms with Gasteiger partial charge in [0.2, 0.25) is 0 Å². The van der Waals surface area contributed by atoms with Gasteiger partial charge < -0.3 is 10.3 Å². The fourth-order valence-electron chi connectivity index (χ4n) is 1.85. The maximum atomic E-state index is 6.14. The third kappa shape index (κ3) is 2.01. The molecule has 3 heteroatoms. The van der Waals surface area contributed by atoms with Gasteiger partial charge in [-0.2, -0.15) is 0 Å². The first-order valence-electron chi connectivity index (χ1n) is 5.16. The normalized spacial score (nSPS) is 11.1. The van der Waals surface area contributed by atoms with E-state index in [4.69, 9.17) is 17.3 Å². The molecule has 80 valence electrons. The zero-order valence-corrected chi connectivity index (χ0v) is 9.59. The Kier molecular flexibility index (Phi) is 2.98. The van der Waals surface area contributed by atoms with Crippen LogP contribution in [0.25, 0.3) is 10.9 Å². The summed E-state index contributed by atoms with van der Waals surface area (Å²) in [5, 5.41) is 1.95. The zero-order chi connectivity index (χ0) is 10.8. The van der Waals surface area contributed by atoms with Crippen LogP contribution in [0.5, 0.6) is 0 Å². The highest BCUT2D eigenvalue weighted by atomic mass is 35.5. The Morgan fingerprint density at radius 2 is 2.20 bits per heavy atom. The van der Waals surface area contributed by atoms with Gasteiger partial charge in [-0.15, -0.1) is 0 Å². The number of halogens is 1. The molecular weight excluding hydrogens is 208 g/mol. The van der Waals surface area contributed by atoms with Crippen LogP contribution in [0.15, 0.2) is 24.4 Å². The van der Waals surface area contributed by atoms with Gasteiger partial charge in [0.15, 0.2) is 0 Å². The van der Waals surface area contributed by atoms with Crippen LogP contribution >= 0.6 is 11.6 Å². The van der Waals surface area contributed by atoms with Crippen molar-refractivity contribution in [2.75, 3.05) is 6.54 Å². The van der Waals surface area contributed by atoms with Crippen molar-refractivity contribution >= 4 is 22.5 Å². The maximum Gasteiger partial charge on any atom is 0.0661 e. The highest BCUT2D eigenvalue weighted by molar-refractivity contribution is 6.35. The van der Waals surface area contributed by atoms with Crippen molar-refractivity contribution in [3.05, 3.63) is 35.0 Å². The number of nitrogens with zero attached hydrogens (tertiary/aromatic N) is 1. The number of fused-ring (bicyclic) bond motifs is 1. The second-order valence-electron chi connectivity index (χ2n) is 3.83. The average Bonchev–Trinajstić information content (AvgIpc) is 2.52. The molecule has 2 rings (SSSR count). The Morgan fingerprint density at radius 3 is 2.93 bits per heavy atom. The topological polar surface area (TPSA) is 30.9 Å². The lowest BCUT2D eigenvalue weighted by atomic mass is 10.1. The molecule has 0 fully saturated rings. The first-order chi connectivity index (χ1) is 7.22. The summed E-state index contributed by atoms with van der Waals surface area (Å²) in [6.07, 6.45) is 3.99. The Hall–Kier alpha value is -0.990.